The minimum absolute atomic E-state index is 0.0262. The Morgan fingerprint density at radius 1 is 0.933 bits per heavy atom. The number of ether oxygens (including phenoxy) is 1. The first-order valence-electron chi connectivity index (χ1n) is 9.60. The van der Waals surface area contributed by atoms with Gasteiger partial charge < -0.3 is 14.5 Å². The molecule has 1 aliphatic heterocycles. The normalized spacial score (nSPS) is 13.9. The molecular weight excluding hydrogens is 448 g/mol. The first-order valence-corrected chi connectivity index (χ1v) is 10.4. The summed E-state index contributed by atoms with van der Waals surface area (Å²) in [4.78, 5) is 29.0. The van der Waals surface area contributed by atoms with Crippen molar-refractivity contribution >= 4 is 27.7 Å². The van der Waals surface area contributed by atoms with Crippen LogP contribution in [0.5, 0.6) is 5.75 Å². The number of amides is 1. The molecule has 0 unspecified atom stereocenters. The average Bonchev–Trinajstić information content (AvgIpc) is 2.80. The van der Waals surface area contributed by atoms with E-state index in [0.717, 1.165) is 10.2 Å². The van der Waals surface area contributed by atoms with Crippen LogP contribution in [0.25, 0.3) is 5.69 Å². The van der Waals surface area contributed by atoms with Crippen LogP contribution >= 0.6 is 15.9 Å². The Labute approximate surface area is 182 Å². The standard InChI is InChI=1S/C22H21BrN4O3/c1-30-19-8-6-18(7-9-19)27-21(28)11-10-20(24-27)25-12-14-26(15-13-25)22(29)16-2-4-17(23)5-3-16/h2-11H,12-15H2,1H3. The molecule has 2 heterocycles. The summed E-state index contributed by atoms with van der Waals surface area (Å²) < 4.78 is 7.50. The molecule has 4 rings (SSSR count). The summed E-state index contributed by atoms with van der Waals surface area (Å²) >= 11 is 3.39. The summed E-state index contributed by atoms with van der Waals surface area (Å²) in [6.07, 6.45) is 0. The van der Waals surface area contributed by atoms with Gasteiger partial charge in [0.05, 0.1) is 12.8 Å². The number of carbonyl (C=O) groups is 1. The van der Waals surface area contributed by atoms with Crippen LogP contribution in [0.3, 0.4) is 0 Å². The fraction of sp³-hybridized carbons (Fsp3) is 0.227. The maximum atomic E-state index is 12.7. The fourth-order valence-electron chi connectivity index (χ4n) is 3.39. The van der Waals surface area contributed by atoms with Crippen molar-refractivity contribution in [1.29, 1.82) is 0 Å². The molecule has 8 heteroatoms. The zero-order valence-corrected chi connectivity index (χ0v) is 18.1. The van der Waals surface area contributed by atoms with E-state index in [1.54, 1.807) is 37.4 Å². The van der Waals surface area contributed by atoms with Crippen molar-refractivity contribution in [1.82, 2.24) is 14.7 Å². The third kappa shape index (κ3) is 4.23. The second kappa shape index (κ2) is 8.71. The molecule has 2 aromatic carbocycles. The lowest BCUT2D eigenvalue weighted by molar-refractivity contribution is 0.0746. The Hall–Kier alpha value is -3.13. The number of rotatable bonds is 4. The van der Waals surface area contributed by atoms with Crippen LogP contribution in [-0.2, 0) is 0 Å². The Morgan fingerprint density at radius 2 is 1.60 bits per heavy atom. The number of methoxy groups -OCH3 is 1. The van der Waals surface area contributed by atoms with Crippen molar-refractivity contribution in [2.75, 3.05) is 38.2 Å². The van der Waals surface area contributed by atoms with Crippen LogP contribution < -0.4 is 15.2 Å². The van der Waals surface area contributed by atoms with Crippen molar-refractivity contribution < 1.29 is 9.53 Å². The molecule has 0 saturated carbocycles. The quantitative estimate of drug-likeness (QED) is 0.588. The predicted octanol–water partition coefficient (Wildman–Crippen LogP) is 2.97. The third-order valence-corrected chi connectivity index (χ3v) is 5.61. The number of carbonyl (C=O) groups excluding carboxylic acids is 1. The zero-order valence-electron chi connectivity index (χ0n) is 16.5. The summed E-state index contributed by atoms with van der Waals surface area (Å²) in [5.41, 5.74) is 1.15. The van der Waals surface area contributed by atoms with Crippen molar-refractivity contribution in [2.45, 2.75) is 0 Å². The number of hydrogen-bond donors (Lipinski definition) is 0. The number of aromatic nitrogens is 2. The Kier molecular flexibility index (Phi) is 5.85. The molecule has 0 N–H and O–H groups in total. The number of anilines is 1. The monoisotopic (exact) mass is 468 g/mol. The molecule has 0 spiro atoms. The average molecular weight is 469 g/mol. The number of halogens is 1. The Morgan fingerprint density at radius 3 is 2.23 bits per heavy atom. The Bertz CT molecular complexity index is 1090. The smallest absolute Gasteiger partial charge is 0.271 e. The summed E-state index contributed by atoms with van der Waals surface area (Å²) in [6.45, 7) is 2.49. The van der Waals surface area contributed by atoms with Crippen molar-refractivity contribution in [3.63, 3.8) is 0 Å². The third-order valence-electron chi connectivity index (χ3n) is 5.09. The van der Waals surface area contributed by atoms with Gasteiger partial charge in [-0.15, -0.1) is 5.10 Å². The first kappa shape index (κ1) is 20.2. The Balaban J connectivity index is 1.47. The number of piperazine rings is 1. The molecule has 0 aliphatic carbocycles. The molecule has 1 saturated heterocycles. The minimum Gasteiger partial charge on any atom is -0.497 e. The van der Waals surface area contributed by atoms with E-state index >= 15 is 0 Å². The summed E-state index contributed by atoms with van der Waals surface area (Å²) in [5.74, 6) is 1.45. The van der Waals surface area contributed by atoms with E-state index in [1.807, 2.05) is 29.2 Å². The predicted molar refractivity (Wildman–Crippen MR) is 119 cm³/mol. The number of nitrogens with zero attached hydrogens (tertiary/aromatic N) is 4. The van der Waals surface area contributed by atoms with Gasteiger partial charge in [0.2, 0.25) is 0 Å². The zero-order chi connectivity index (χ0) is 21.1. The van der Waals surface area contributed by atoms with Gasteiger partial charge in [-0.25, -0.2) is 0 Å². The summed E-state index contributed by atoms with van der Waals surface area (Å²) in [5, 5.41) is 4.54. The maximum Gasteiger partial charge on any atom is 0.271 e. The lowest BCUT2D eigenvalue weighted by Gasteiger charge is -2.35. The number of benzene rings is 2. The number of hydrogen-bond acceptors (Lipinski definition) is 5. The van der Waals surface area contributed by atoms with Crippen LogP contribution in [0.4, 0.5) is 5.82 Å². The summed E-state index contributed by atoms with van der Waals surface area (Å²) in [7, 11) is 1.60. The summed E-state index contributed by atoms with van der Waals surface area (Å²) in [6, 6.07) is 17.8. The van der Waals surface area contributed by atoms with Gasteiger partial charge in [0.1, 0.15) is 11.6 Å². The van der Waals surface area contributed by atoms with Gasteiger partial charge in [-0.05, 0) is 54.6 Å². The van der Waals surface area contributed by atoms with E-state index in [-0.39, 0.29) is 11.5 Å². The van der Waals surface area contributed by atoms with E-state index in [1.165, 1.54) is 10.7 Å². The molecule has 1 aromatic heterocycles. The topological polar surface area (TPSA) is 67.7 Å². The molecule has 1 aliphatic rings. The lowest BCUT2D eigenvalue weighted by atomic mass is 10.2. The highest BCUT2D eigenvalue weighted by Gasteiger charge is 2.23. The van der Waals surface area contributed by atoms with E-state index in [0.29, 0.717) is 43.2 Å². The van der Waals surface area contributed by atoms with Gasteiger partial charge in [0.15, 0.2) is 0 Å². The van der Waals surface area contributed by atoms with E-state index in [4.69, 9.17) is 4.74 Å². The molecule has 0 atom stereocenters. The van der Waals surface area contributed by atoms with Gasteiger partial charge in [0, 0.05) is 42.3 Å². The van der Waals surface area contributed by atoms with Crippen molar-refractivity contribution in [3.05, 3.63) is 81.1 Å². The molecule has 1 fully saturated rings. The van der Waals surface area contributed by atoms with Crippen molar-refractivity contribution in [3.8, 4) is 11.4 Å². The molecule has 30 heavy (non-hydrogen) atoms. The fourth-order valence-corrected chi connectivity index (χ4v) is 3.66. The van der Waals surface area contributed by atoms with Crippen LogP contribution in [0.1, 0.15) is 10.4 Å². The van der Waals surface area contributed by atoms with Gasteiger partial charge in [-0.3, -0.25) is 9.59 Å². The first-order chi connectivity index (χ1) is 14.5. The molecule has 3 aromatic rings. The highest BCUT2D eigenvalue weighted by Crippen LogP contribution is 2.18. The van der Waals surface area contributed by atoms with Crippen LogP contribution in [0.2, 0.25) is 0 Å². The second-order valence-electron chi connectivity index (χ2n) is 6.93. The molecule has 1 amide bonds. The highest BCUT2D eigenvalue weighted by molar-refractivity contribution is 9.10. The molecular formula is C22H21BrN4O3. The van der Waals surface area contributed by atoms with Gasteiger partial charge in [-0.2, -0.15) is 4.68 Å². The van der Waals surface area contributed by atoms with Gasteiger partial charge in [0.25, 0.3) is 11.5 Å². The molecule has 7 nitrogen and oxygen atoms in total. The van der Waals surface area contributed by atoms with E-state index in [9.17, 15) is 9.59 Å². The highest BCUT2D eigenvalue weighted by atomic mass is 79.9. The lowest BCUT2D eigenvalue weighted by Crippen LogP contribution is -2.49. The molecule has 154 valence electrons. The van der Waals surface area contributed by atoms with Gasteiger partial charge >= 0.3 is 0 Å². The molecule has 0 radical (unpaired) electrons. The minimum atomic E-state index is -0.201. The van der Waals surface area contributed by atoms with Crippen LogP contribution in [-0.4, -0.2) is 53.9 Å². The van der Waals surface area contributed by atoms with Crippen molar-refractivity contribution in [2.24, 2.45) is 0 Å². The van der Waals surface area contributed by atoms with E-state index in [2.05, 4.69) is 25.9 Å². The second-order valence-corrected chi connectivity index (χ2v) is 7.84. The largest absolute Gasteiger partial charge is 0.497 e. The van der Waals surface area contributed by atoms with Gasteiger partial charge in [-0.1, -0.05) is 15.9 Å². The van der Waals surface area contributed by atoms with Crippen LogP contribution in [0, 0.1) is 0 Å². The van der Waals surface area contributed by atoms with Crippen LogP contribution in [0.15, 0.2) is 69.9 Å². The molecule has 0 bridgehead atoms. The van der Waals surface area contributed by atoms with E-state index < -0.39 is 0 Å². The maximum absolute atomic E-state index is 12.7. The SMILES string of the molecule is COc1ccc(-n2nc(N3CCN(C(=O)c4ccc(Br)cc4)CC3)ccc2=O)cc1.